The zero-order valence-corrected chi connectivity index (χ0v) is 15.1. The Labute approximate surface area is 155 Å². The third kappa shape index (κ3) is 5.29. The molecule has 0 saturated heterocycles. The van der Waals surface area contributed by atoms with E-state index in [1.807, 2.05) is 42.5 Å². The number of hydrogen-bond acceptors (Lipinski definition) is 3. The molecule has 3 rings (SSSR count). The van der Waals surface area contributed by atoms with Crippen LogP contribution in [0.5, 0.6) is 0 Å². The molecule has 0 aromatic heterocycles. The molecule has 0 heterocycles. The van der Waals surface area contributed by atoms with E-state index in [2.05, 4.69) is 21.2 Å². The average molecular weight is 400 g/mol. The van der Waals surface area contributed by atoms with Gasteiger partial charge in [0.1, 0.15) is 0 Å². The van der Waals surface area contributed by atoms with Gasteiger partial charge in [0.15, 0.2) is 0 Å². The Kier molecular flexibility index (Phi) is 5.66. The molecule has 1 N–H and O–H groups in total. The highest BCUT2D eigenvalue weighted by Gasteiger charge is 2.30. The van der Waals surface area contributed by atoms with Gasteiger partial charge in [-0.05, 0) is 36.6 Å². The molecule has 1 atom stereocenters. The third-order valence-corrected chi connectivity index (χ3v) is 4.25. The Morgan fingerprint density at radius 3 is 2.56 bits per heavy atom. The Morgan fingerprint density at radius 2 is 1.88 bits per heavy atom. The van der Waals surface area contributed by atoms with Crippen molar-refractivity contribution in [3.63, 3.8) is 0 Å². The first kappa shape index (κ1) is 17.4. The van der Waals surface area contributed by atoms with E-state index in [-0.39, 0.29) is 11.9 Å². The van der Waals surface area contributed by atoms with Crippen LogP contribution in [-0.4, -0.2) is 17.9 Å². The second-order valence-electron chi connectivity index (χ2n) is 5.90. The van der Waals surface area contributed by atoms with Crippen LogP contribution >= 0.6 is 15.9 Å². The lowest BCUT2D eigenvalue weighted by atomic mass is 10.1. The fourth-order valence-electron chi connectivity index (χ4n) is 2.34. The first-order valence-corrected chi connectivity index (χ1v) is 8.91. The molecule has 5 heteroatoms. The topological polar surface area (TPSA) is 55.4 Å². The number of ether oxygens (including phenoxy) is 1. The predicted octanol–water partition coefficient (Wildman–Crippen LogP) is 4.03. The Bertz CT molecular complexity index is 785. The maximum absolute atomic E-state index is 12.4. The van der Waals surface area contributed by atoms with E-state index in [1.165, 1.54) is 6.08 Å². The van der Waals surface area contributed by atoms with E-state index in [9.17, 15) is 9.59 Å². The number of hydrogen-bond donors (Lipinski definition) is 1. The number of nitrogens with one attached hydrogen (secondary N) is 1. The number of rotatable bonds is 6. The molecular weight excluding hydrogens is 382 g/mol. The minimum absolute atomic E-state index is 0.203. The number of carbonyl (C=O) groups excluding carboxylic acids is 2. The van der Waals surface area contributed by atoms with Crippen LogP contribution in [-0.2, 0) is 14.3 Å². The standard InChI is InChI=1S/C20H18BrNO3/c21-16-8-4-5-14(13-16)9-12-18(23)25-19(15-6-2-1-3-7-15)20(24)22-17-10-11-17/h1-9,12-13,17,19H,10-11H2,(H,22,24)/b12-9+/t19-/m1/s1. The van der Waals surface area contributed by atoms with Crippen molar-refractivity contribution in [2.75, 3.05) is 0 Å². The van der Waals surface area contributed by atoms with Gasteiger partial charge in [-0.15, -0.1) is 0 Å². The summed E-state index contributed by atoms with van der Waals surface area (Å²) in [5.74, 6) is -0.835. The van der Waals surface area contributed by atoms with Crippen LogP contribution in [0.25, 0.3) is 6.08 Å². The maximum Gasteiger partial charge on any atom is 0.331 e. The molecule has 1 aliphatic carbocycles. The number of carbonyl (C=O) groups is 2. The van der Waals surface area contributed by atoms with Gasteiger partial charge in [-0.3, -0.25) is 4.79 Å². The van der Waals surface area contributed by atoms with Gasteiger partial charge in [0.2, 0.25) is 6.10 Å². The predicted molar refractivity (Wildman–Crippen MR) is 99.6 cm³/mol. The van der Waals surface area contributed by atoms with Crippen molar-refractivity contribution in [2.24, 2.45) is 0 Å². The van der Waals surface area contributed by atoms with Crippen LogP contribution in [0.3, 0.4) is 0 Å². The molecule has 0 spiro atoms. The number of amides is 1. The van der Waals surface area contributed by atoms with Crippen molar-refractivity contribution in [1.29, 1.82) is 0 Å². The number of benzene rings is 2. The van der Waals surface area contributed by atoms with Gasteiger partial charge in [0, 0.05) is 22.2 Å². The molecule has 2 aromatic carbocycles. The molecule has 1 saturated carbocycles. The molecular formula is C20H18BrNO3. The van der Waals surface area contributed by atoms with Crippen LogP contribution in [0.15, 0.2) is 65.1 Å². The van der Waals surface area contributed by atoms with E-state index < -0.39 is 12.1 Å². The Morgan fingerprint density at radius 1 is 1.12 bits per heavy atom. The number of esters is 1. The van der Waals surface area contributed by atoms with Crippen LogP contribution in [0.2, 0.25) is 0 Å². The van der Waals surface area contributed by atoms with E-state index in [4.69, 9.17) is 4.74 Å². The molecule has 4 nitrogen and oxygen atoms in total. The summed E-state index contributed by atoms with van der Waals surface area (Å²) < 4.78 is 6.35. The summed E-state index contributed by atoms with van der Waals surface area (Å²) in [5, 5.41) is 2.89. The van der Waals surface area contributed by atoms with Crippen molar-refractivity contribution >= 4 is 33.9 Å². The normalized spacial score (nSPS) is 14.9. The summed E-state index contributed by atoms with van der Waals surface area (Å²) >= 11 is 3.38. The van der Waals surface area contributed by atoms with Crippen molar-refractivity contribution in [3.8, 4) is 0 Å². The molecule has 1 fully saturated rings. The second-order valence-corrected chi connectivity index (χ2v) is 6.81. The molecule has 1 amide bonds. The van der Waals surface area contributed by atoms with Gasteiger partial charge in [-0.2, -0.15) is 0 Å². The van der Waals surface area contributed by atoms with E-state index in [1.54, 1.807) is 18.2 Å². The molecule has 1 aliphatic rings. The van der Waals surface area contributed by atoms with Gasteiger partial charge in [-0.25, -0.2) is 4.79 Å². The Balaban J connectivity index is 1.70. The van der Waals surface area contributed by atoms with Crippen molar-refractivity contribution in [2.45, 2.75) is 25.0 Å². The smallest absolute Gasteiger partial charge is 0.331 e. The van der Waals surface area contributed by atoms with Crippen LogP contribution in [0, 0.1) is 0 Å². The van der Waals surface area contributed by atoms with Crippen molar-refractivity contribution in [1.82, 2.24) is 5.32 Å². The highest BCUT2D eigenvalue weighted by molar-refractivity contribution is 9.10. The molecule has 25 heavy (non-hydrogen) atoms. The van der Waals surface area contributed by atoms with Gasteiger partial charge < -0.3 is 10.1 Å². The summed E-state index contributed by atoms with van der Waals surface area (Å²) in [5.41, 5.74) is 1.52. The maximum atomic E-state index is 12.4. The first-order valence-electron chi connectivity index (χ1n) is 8.11. The monoisotopic (exact) mass is 399 g/mol. The summed E-state index contributed by atoms with van der Waals surface area (Å²) in [6.07, 6.45) is 4.01. The SMILES string of the molecule is O=C(/C=C/c1cccc(Br)c1)O[C@@H](C(=O)NC1CC1)c1ccccc1. The lowest BCUT2D eigenvalue weighted by Gasteiger charge is -2.17. The lowest BCUT2D eigenvalue weighted by Crippen LogP contribution is -2.33. The van der Waals surface area contributed by atoms with E-state index in [0.29, 0.717) is 5.56 Å². The third-order valence-electron chi connectivity index (χ3n) is 3.76. The fourth-order valence-corrected chi connectivity index (χ4v) is 2.75. The van der Waals surface area contributed by atoms with Crippen molar-refractivity contribution < 1.29 is 14.3 Å². The van der Waals surface area contributed by atoms with Gasteiger partial charge >= 0.3 is 5.97 Å². The molecule has 2 aromatic rings. The van der Waals surface area contributed by atoms with Gasteiger partial charge in [0.05, 0.1) is 0 Å². The minimum atomic E-state index is -0.943. The summed E-state index contributed by atoms with van der Waals surface area (Å²) in [4.78, 5) is 24.6. The summed E-state index contributed by atoms with van der Waals surface area (Å²) in [6, 6.07) is 16.8. The van der Waals surface area contributed by atoms with Crippen LogP contribution < -0.4 is 5.32 Å². The quantitative estimate of drug-likeness (QED) is 0.589. The van der Waals surface area contributed by atoms with Crippen molar-refractivity contribution in [3.05, 3.63) is 76.3 Å². The van der Waals surface area contributed by atoms with Gasteiger partial charge in [0.25, 0.3) is 5.91 Å². The minimum Gasteiger partial charge on any atom is -0.444 e. The zero-order valence-electron chi connectivity index (χ0n) is 13.5. The largest absolute Gasteiger partial charge is 0.444 e. The number of halogens is 1. The van der Waals surface area contributed by atoms with Gasteiger partial charge in [-0.1, -0.05) is 58.4 Å². The molecule has 128 valence electrons. The van der Waals surface area contributed by atoms with E-state index >= 15 is 0 Å². The summed E-state index contributed by atoms with van der Waals surface area (Å²) in [6.45, 7) is 0. The zero-order chi connectivity index (χ0) is 17.6. The average Bonchev–Trinajstić information content (AvgIpc) is 3.42. The highest BCUT2D eigenvalue weighted by atomic mass is 79.9. The fraction of sp³-hybridized carbons (Fsp3) is 0.200. The molecule has 0 radical (unpaired) electrons. The molecule has 0 unspecified atom stereocenters. The second kappa shape index (κ2) is 8.12. The summed E-state index contributed by atoms with van der Waals surface area (Å²) in [7, 11) is 0. The highest BCUT2D eigenvalue weighted by Crippen LogP contribution is 2.23. The lowest BCUT2D eigenvalue weighted by molar-refractivity contribution is -0.151. The first-order chi connectivity index (χ1) is 12.1. The Hall–Kier alpha value is -2.40. The molecule has 0 aliphatic heterocycles. The molecule has 0 bridgehead atoms. The van der Waals surface area contributed by atoms with Crippen LogP contribution in [0.1, 0.15) is 30.1 Å². The van der Waals surface area contributed by atoms with Crippen LogP contribution in [0.4, 0.5) is 0 Å². The van der Waals surface area contributed by atoms with E-state index in [0.717, 1.165) is 22.9 Å².